The number of furan rings is 1. The van der Waals surface area contributed by atoms with Crippen LogP contribution in [0.4, 0.5) is 5.69 Å². The first-order chi connectivity index (χ1) is 12.6. The van der Waals surface area contributed by atoms with Gasteiger partial charge in [0.15, 0.2) is 5.82 Å². The number of para-hydroxylation sites is 1. The minimum atomic E-state index is -0.625. The molecule has 0 radical (unpaired) electrons. The fourth-order valence-corrected chi connectivity index (χ4v) is 2.32. The van der Waals surface area contributed by atoms with Crippen LogP contribution in [0.3, 0.4) is 0 Å². The number of aromatic nitrogens is 2. The second kappa shape index (κ2) is 7.39. The molecule has 0 bridgehead atoms. The van der Waals surface area contributed by atoms with Gasteiger partial charge in [0.1, 0.15) is 17.1 Å². The van der Waals surface area contributed by atoms with Crippen molar-refractivity contribution >= 4 is 23.3 Å². The number of rotatable bonds is 5. The summed E-state index contributed by atoms with van der Waals surface area (Å²) >= 11 is 0. The molecule has 0 fully saturated rings. The number of carbonyl (C=O) groups is 1. The summed E-state index contributed by atoms with van der Waals surface area (Å²) in [7, 11) is 1.25. The van der Waals surface area contributed by atoms with E-state index in [9.17, 15) is 14.9 Å². The normalized spacial score (nSPS) is 11.2. The third-order valence-corrected chi connectivity index (χ3v) is 3.49. The van der Waals surface area contributed by atoms with Gasteiger partial charge in [-0.3, -0.25) is 10.1 Å². The zero-order valence-corrected chi connectivity index (χ0v) is 13.7. The van der Waals surface area contributed by atoms with Gasteiger partial charge in [0, 0.05) is 18.5 Å². The molecule has 0 aliphatic rings. The summed E-state index contributed by atoms with van der Waals surface area (Å²) in [6.07, 6.45) is 4.43. The molecule has 0 aliphatic heterocycles. The highest BCUT2D eigenvalue weighted by Crippen LogP contribution is 2.31. The average Bonchev–Trinajstić information content (AvgIpc) is 3.14. The van der Waals surface area contributed by atoms with Crippen molar-refractivity contribution in [1.82, 2.24) is 9.97 Å². The Morgan fingerprint density at radius 3 is 2.58 bits per heavy atom. The number of benzene rings is 1. The van der Waals surface area contributed by atoms with Crippen LogP contribution in [0.5, 0.6) is 0 Å². The summed E-state index contributed by atoms with van der Waals surface area (Å²) < 4.78 is 10.4. The van der Waals surface area contributed by atoms with Gasteiger partial charge in [0.2, 0.25) is 0 Å². The molecule has 0 atom stereocenters. The van der Waals surface area contributed by atoms with E-state index >= 15 is 0 Å². The lowest BCUT2D eigenvalue weighted by atomic mass is 10.1. The lowest BCUT2D eigenvalue weighted by Crippen LogP contribution is -2.06. The van der Waals surface area contributed by atoms with Crippen LogP contribution in [0.25, 0.3) is 23.0 Å². The highest BCUT2D eigenvalue weighted by molar-refractivity contribution is 6.20. The summed E-state index contributed by atoms with van der Waals surface area (Å²) in [5, 5.41) is 11.2. The minimum Gasteiger partial charge on any atom is -0.465 e. The van der Waals surface area contributed by atoms with E-state index in [2.05, 4.69) is 9.97 Å². The molecule has 8 nitrogen and oxygen atoms in total. The van der Waals surface area contributed by atoms with Crippen LogP contribution < -0.4 is 0 Å². The summed E-state index contributed by atoms with van der Waals surface area (Å²) in [6, 6.07) is 11.0. The summed E-state index contributed by atoms with van der Waals surface area (Å²) in [6.45, 7) is 0. The predicted molar refractivity (Wildman–Crippen MR) is 92.7 cm³/mol. The highest BCUT2D eigenvalue weighted by Gasteiger charge is 2.19. The molecule has 0 saturated carbocycles. The smallest absolute Gasteiger partial charge is 0.341 e. The van der Waals surface area contributed by atoms with E-state index in [-0.39, 0.29) is 17.1 Å². The zero-order chi connectivity index (χ0) is 18.5. The average molecular weight is 351 g/mol. The molecule has 3 rings (SSSR count). The van der Waals surface area contributed by atoms with E-state index in [1.165, 1.54) is 31.6 Å². The number of esters is 1. The number of ether oxygens (including phenoxy) is 1. The Labute approximate surface area is 147 Å². The van der Waals surface area contributed by atoms with E-state index in [1.807, 2.05) is 0 Å². The lowest BCUT2D eigenvalue weighted by Gasteiger charge is -2.03. The van der Waals surface area contributed by atoms with Gasteiger partial charge in [-0.25, -0.2) is 14.8 Å². The van der Waals surface area contributed by atoms with Crippen molar-refractivity contribution in [3.05, 3.63) is 76.6 Å². The Balaban J connectivity index is 2.02. The zero-order valence-electron chi connectivity index (χ0n) is 13.7. The third-order valence-electron chi connectivity index (χ3n) is 3.49. The van der Waals surface area contributed by atoms with Crippen LogP contribution >= 0.6 is 0 Å². The van der Waals surface area contributed by atoms with Crippen LogP contribution in [0.15, 0.2) is 59.3 Å². The van der Waals surface area contributed by atoms with Crippen molar-refractivity contribution in [1.29, 1.82) is 0 Å². The molecule has 0 amide bonds. The van der Waals surface area contributed by atoms with Gasteiger partial charge in [-0.2, -0.15) is 0 Å². The first-order valence-electron chi connectivity index (χ1n) is 7.51. The SMILES string of the molecule is COC(=O)/C(=C\c1ccc(-c2ccccc2[N+](=O)[O-])o1)c1ncccn1. The Hall–Kier alpha value is -3.81. The number of methoxy groups -OCH3 is 1. The molecule has 0 saturated heterocycles. The summed E-state index contributed by atoms with van der Waals surface area (Å²) in [5.41, 5.74) is 0.376. The predicted octanol–water partition coefficient (Wildman–Crippen LogP) is 3.36. The van der Waals surface area contributed by atoms with E-state index in [0.717, 1.165) is 0 Å². The Morgan fingerprint density at radius 1 is 1.15 bits per heavy atom. The number of nitrogens with zero attached hydrogens (tertiary/aromatic N) is 3. The molecule has 2 heterocycles. The number of hydrogen-bond donors (Lipinski definition) is 0. The maximum atomic E-state index is 12.0. The number of hydrogen-bond acceptors (Lipinski definition) is 7. The van der Waals surface area contributed by atoms with E-state index < -0.39 is 10.9 Å². The van der Waals surface area contributed by atoms with Gasteiger partial charge in [0.05, 0.1) is 17.6 Å². The van der Waals surface area contributed by atoms with Gasteiger partial charge in [-0.05, 0) is 30.3 Å². The van der Waals surface area contributed by atoms with Crippen molar-refractivity contribution in [3.63, 3.8) is 0 Å². The van der Waals surface area contributed by atoms with Crippen molar-refractivity contribution in [3.8, 4) is 11.3 Å². The Kier molecular flexibility index (Phi) is 4.84. The molecule has 0 spiro atoms. The first-order valence-corrected chi connectivity index (χ1v) is 7.51. The van der Waals surface area contributed by atoms with Crippen LogP contribution in [-0.4, -0.2) is 28.0 Å². The van der Waals surface area contributed by atoms with Crippen molar-refractivity contribution in [2.24, 2.45) is 0 Å². The molecular formula is C18H13N3O5. The first kappa shape index (κ1) is 17.0. The fourth-order valence-electron chi connectivity index (χ4n) is 2.32. The maximum Gasteiger partial charge on any atom is 0.341 e. The van der Waals surface area contributed by atoms with E-state index in [1.54, 1.807) is 36.4 Å². The largest absolute Gasteiger partial charge is 0.465 e. The highest BCUT2D eigenvalue weighted by atomic mass is 16.6. The van der Waals surface area contributed by atoms with E-state index in [0.29, 0.717) is 17.1 Å². The molecule has 2 aromatic heterocycles. The van der Waals surface area contributed by atoms with Crippen molar-refractivity contribution < 1.29 is 18.9 Å². The molecule has 0 aliphatic carbocycles. The van der Waals surface area contributed by atoms with Gasteiger partial charge < -0.3 is 9.15 Å². The molecular weight excluding hydrogens is 338 g/mol. The van der Waals surface area contributed by atoms with Crippen molar-refractivity contribution in [2.75, 3.05) is 7.11 Å². The Bertz CT molecular complexity index is 979. The molecule has 8 heteroatoms. The number of carbonyl (C=O) groups excluding carboxylic acids is 1. The van der Waals surface area contributed by atoms with Crippen LogP contribution in [0.2, 0.25) is 0 Å². The van der Waals surface area contributed by atoms with E-state index in [4.69, 9.17) is 9.15 Å². The summed E-state index contributed by atoms with van der Waals surface area (Å²) in [4.78, 5) is 30.8. The molecule has 26 heavy (non-hydrogen) atoms. The van der Waals surface area contributed by atoms with Crippen molar-refractivity contribution in [2.45, 2.75) is 0 Å². The van der Waals surface area contributed by atoms with Gasteiger partial charge in [-0.15, -0.1) is 0 Å². The molecule has 130 valence electrons. The molecule has 0 unspecified atom stereocenters. The minimum absolute atomic E-state index is 0.0723. The molecule has 1 aromatic carbocycles. The Morgan fingerprint density at radius 2 is 1.88 bits per heavy atom. The fraction of sp³-hybridized carbons (Fsp3) is 0.0556. The van der Waals surface area contributed by atoms with Crippen LogP contribution in [-0.2, 0) is 9.53 Å². The number of nitro groups is 1. The second-order valence-corrected chi connectivity index (χ2v) is 5.10. The standard InChI is InChI=1S/C18H13N3O5/c1-25-18(22)14(17-19-9-4-10-20-17)11-12-7-8-16(26-12)13-5-2-3-6-15(13)21(23)24/h2-11H,1H3/b14-11-. The summed E-state index contributed by atoms with van der Waals surface area (Å²) in [5.74, 6) is 0.176. The molecule has 3 aromatic rings. The van der Waals surface area contributed by atoms with Crippen LogP contribution in [0.1, 0.15) is 11.6 Å². The van der Waals surface area contributed by atoms with Crippen LogP contribution in [0, 0.1) is 10.1 Å². The van der Waals surface area contributed by atoms with Gasteiger partial charge in [0.25, 0.3) is 5.69 Å². The lowest BCUT2D eigenvalue weighted by molar-refractivity contribution is -0.384. The quantitative estimate of drug-likeness (QED) is 0.300. The monoisotopic (exact) mass is 351 g/mol. The second-order valence-electron chi connectivity index (χ2n) is 5.10. The third kappa shape index (κ3) is 3.48. The number of nitro benzene ring substituents is 1. The van der Waals surface area contributed by atoms with Gasteiger partial charge >= 0.3 is 5.97 Å². The molecule has 0 N–H and O–H groups in total. The topological polar surface area (TPSA) is 108 Å². The maximum absolute atomic E-state index is 12.0. The van der Waals surface area contributed by atoms with Gasteiger partial charge in [-0.1, -0.05) is 12.1 Å².